The summed E-state index contributed by atoms with van der Waals surface area (Å²) in [5.41, 5.74) is 1.76. The fraction of sp³-hybridized carbons (Fsp3) is 0.294. The van der Waals surface area contributed by atoms with Crippen LogP contribution in [0.5, 0.6) is 17.2 Å². The van der Waals surface area contributed by atoms with E-state index in [4.69, 9.17) is 14.2 Å². The lowest BCUT2D eigenvalue weighted by Crippen LogP contribution is -2.23. The van der Waals surface area contributed by atoms with E-state index in [2.05, 4.69) is 5.18 Å². The van der Waals surface area contributed by atoms with E-state index < -0.39 is 6.04 Å². The topological polar surface area (TPSA) is 57.1 Å². The van der Waals surface area contributed by atoms with Gasteiger partial charge in [0.2, 0.25) is 0 Å². The summed E-state index contributed by atoms with van der Waals surface area (Å²) in [6, 6.07) is 12.6. The second-order valence-corrected chi connectivity index (χ2v) is 5.15. The van der Waals surface area contributed by atoms with Gasteiger partial charge in [0.05, 0.1) is 20.8 Å². The number of rotatable bonds is 4. The standard InChI is InChI=1S/C17H17NO4/c1-20-12-5-3-4-11(8-12)15-10-22-16-9-13(21-2)6-7-14(16)17(15)18-19/h3-9,15,17H,10H2,1-2H3. The molecule has 0 saturated carbocycles. The molecule has 0 aromatic heterocycles. The van der Waals surface area contributed by atoms with E-state index in [1.54, 1.807) is 20.3 Å². The molecule has 0 spiro atoms. The fourth-order valence-electron chi connectivity index (χ4n) is 2.78. The lowest BCUT2D eigenvalue weighted by Gasteiger charge is -2.30. The van der Waals surface area contributed by atoms with Gasteiger partial charge in [0, 0.05) is 17.5 Å². The molecule has 2 aromatic carbocycles. The van der Waals surface area contributed by atoms with Crippen LogP contribution in [0.4, 0.5) is 0 Å². The van der Waals surface area contributed by atoms with Gasteiger partial charge in [-0.2, -0.15) is 4.91 Å². The third kappa shape index (κ3) is 2.50. The van der Waals surface area contributed by atoms with Crippen LogP contribution in [0.1, 0.15) is 23.1 Å². The van der Waals surface area contributed by atoms with Crippen LogP contribution < -0.4 is 14.2 Å². The van der Waals surface area contributed by atoms with E-state index in [-0.39, 0.29) is 5.92 Å². The van der Waals surface area contributed by atoms with E-state index in [9.17, 15) is 4.91 Å². The normalized spacial score (nSPS) is 19.7. The lowest BCUT2D eigenvalue weighted by molar-refractivity contribution is 0.238. The molecule has 22 heavy (non-hydrogen) atoms. The predicted octanol–water partition coefficient (Wildman–Crippen LogP) is 3.69. The van der Waals surface area contributed by atoms with Crippen molar-refractivity contribution in [1.29, 1.82) is 0 Å². The summed E-state index contributed by atoms with van der Waals surface area (Å²) in [4.78, 5) is 11.4. The van der Waals surface area contributed by atoms with Crippen LogP contribution in [0, 0.1) is 4.91 Å². The molecule has 3 rings (SSSR count). The van der Waals surface area contributed by atoms with Gasteiger partial charge in [0.15, 0.2) is 0 Å². The van der Waals surface area contributed by atoms with Crippen molar-refractivity contribution in [3.8, 4) is 17.2 Å². The summed E-state index contributed by atoms with van der Waals surface area (Å²) in [6.07, 6.45) is 0. The fourth-order valence-corrected chi connectivity index (χ4v) is 2.78. The van der Waals surface area contributed by atoms with Gasteiger partial charge in [0.25, 0.3) is 0 Å². The number of methoxy groups -OCH3 is 2. The smallest absolute Gasteiger partial charge is 0.131 e. The largest absolute Gasteiger partial charge is 0.497 e. The maximum absolute atomic E-state index is 11.4. The Morgan fingerprint density at radius 2 is 1.86 bits per heavy atom. The molecule has 0 aliphatic carbocycles. The third-order valence-corrected chi connectivity index (χ3v) is 3.97. The van der Waals surface area contributed by atoms with Crippen molar-refractivity contribution in [2.45, 2.75) is 12.0 Å². The van der Waals surface area contributed by atoms with Gasteiger partial charge in [-0.1, -0.05) is 17.3 Å². The summed E-state index contributed by atoms with van der Waals surface area (Å²) < 4.78 is 16.3. The third-order valence-electron chi connectivity index (χ3n) is 3.97. The van der Waals surface area contributed by atoms with Crippen molar-refractivity contribution < 1.29 is 14.2 Å². The highest BCUT2D eigenvalue weighted by Gasteiger charge is 2.33. The second-order valence-electron chi connectivity index (χ2n) is 5.15. The molecule has 1 heterocycles. The number of nitrogens with zero attached hydrogens (tertiary/aromatic N) is 1. The molecule has 2 unspecified atom stereocenters. The van der Waals surface area contributed by atoms with Gasteiger partial charge in [-0.05, 0) is 29.8 Å². The molecule has 0 saturated heterocycles. The number of benzene rings is 2. The van der Waals surface area contributed by atoms with Crippen molar-refractivity contribution >= 4 is 0 Å². The quantitative estimate of drug-likeness (QED) is 0.808. The first-order chi connectivity index (χ1) is 10.8. The highest BCUT2D eigenvalue weighted by atomic mass is 16.5. The molecular weight excluding hydrogens is 282 g/mol. The molecule has 2 atom stereocenters. The monoisotopic (exact) mass is 299 g/mol. The molecule has 5 heteroatoms. The molecule has 5 nitrogen and oxygen atoms in total. The molecule has 1 aliphatic rings. The number of fused-ring (bicyclic) bond motifs is 1. The maximum Gasteiger partial charge on any atom is 0.131 e. The summed E-state index contributed by atoms with van der Waals surface area (Å²) in [5, 5.41) is 3.35. The second kappa shape index (κ2) is 6.05. The summed E-state index contributed by atoms with van der Waals surface area (Å²) >= 11 is 0. The van der Waals surface area contributed by atoms with E-state index in [0.717, 1.165) is 16.9 Å². The lowest BCUT2D eigenvalue weighted by atomic mass is 9.86. The number of ether oxygens (including phenoxy) is 3. The Bertz CT molecular complexity index is 686. The minimum atomic E-state index is -0.484. The first kappa shape index (κ1) is 14.4. The molecule has 0 bridgehead atoms. The van der Waals surface area contributed by atoms with Crippen molar-refractivity contribution in [3.63, 3.8) is 0 Å². The Hall–Kier alpha value is -2.56. The Balaban J connectivity index is 1.98. The van der Waals surface area contributed by atoms with E-state index in [0.29, 0.717) is 18.1 Å². The van der Waals surface area contributed by atoms with Gasteiger partial charge < -0.3 is 14.2 Å². The molecule has 1 aliphatic heterocycles. The van der Waals surface area contributed by atoms with E-state index >= 15 is 0 Å². The van der Waals surface area contributed by atoms with Gasteiger partial charge in [0.1, 0.15) is 23.3 Å². The highest BCUT2D eigenvalue weighted by molar-refractivity contribution is 5.46. The van der Waals surface area contributed by atoms with Crippen LogP contribution in [0.15, 0.2) is 47.6 Å². The van der Waals surface area contributed by atoms with E-state index in [1.807, 2.05) is 36.4 Å². The predicted molar refractivity (Wildman–Crippen MR) is 82.8 cm³/mol. The van der Waals surface area contributed by atoms with Crippen LogP contribution in [-0.2, 0) is 0 Å². The van der Waals surface area contributed by atoms with Crippen LogP contribution in [-0.4, -0.2) is 20.8 Å². The average Bonchev–Trinajstić information content (AvgIpc) is 2.60. The summed E-state index contributed by atoms with van der Waals surface area (Å²) in [6.45, 7) is 0.393. The Morgan fingerprint density at radius 3 is 2.59 bits per heavy atom. The van der Waals surface area contributed by atoms with Crippen LogP contribution >= 0.6 is 0 Å². The molecule has 114 valence electrons. The molecule has 0 radical (unpaired) electrons. The van der Waals surface area contributed by atoms with Crippen molar-refractivity contribution in [2.75, 3.05) is 20.8 Å². The molecule has 0 amide bonds. The van der Waals surface area contributed by atoms with Gasteiger partial charge >= 0.3 is 0 Å². The first-order valence-electron chi connectivity index (χ1n) is 7.04. The van der Waals surface area contributed by atoms with Gasteiger partial charge in [-0.15, -0.1) is 0 Å². The Morgan fingerprint density at radius 1 is 1.09 bits per heavy atom. The molecule has 0 fully saturated rings. The number of hydrogen-bond donors (Lipinski definition) is 0. The SMILES string of the molecule is COc1cccc(C2COc3cc(OC)ccc3C2N=O)c1. The van der Waals surface area contributed by atoms with Crippen molar-refractivity contribution in [1.82, 2.24) is 0 Å². The van der Waals surface area contributed by atoms with Crippen LogP contribution in [0.3, 0.4) is 0 Å². The summed E-state index contributed by atoms with van der Waals surface area (Å²) in [7, 11) is 3.21. The van der Waals surface area contributed by atoms with Gasteiger partial charge in [-0.25, -0.2) is 0 Å². The molecule has 2 aromatic rings. The highest BCUT2D eigenvalue weighted by Crippen LogP contribution is 2.44. The average molecular weight is 299 g/mol. The minimum absolute atomic E-state index is 0.131. The Labute approximate surface area is 128 Å². The zero-order valence-corrected chi connectivity index (χ0v) is 12.5. The zero-order valence-electron chi connectivity index (χ0n) is 12.5. The Kier molecular flexibility index (Phi) is 3.96. The van der Waals surface area contributed by atoms with Crippen LogP contribution in [0.25, 0.3) is 0 Å². The van der Waals surface area contributed by atoms with Gasteiger partial charge in [-0.3, -0.25) is 0 Å². The minimum Gasteiger partial charge on any atom is -0.497 e. The first-order valence-corrected chi connectivity index (χ1v) is 7.04. The number of hydrogen-bond acceptors (Lipinski definition) is 5. The molecule has 0 N–H and O–H groups in total. The van der Waals surface area contributed by atoms with E-state index in [1.165, 1.54) is 0 Å². The van der Waals surface area contributed by atoms with Crippen LogP contribution in [0.2, 0.25) is 0 Å². The number of nitroso groups, excluding NO2 is 1. The maximum atomic E-state index is 11.4. The molecular formula is C17H17NO4. The van der Waals surface area contributed by atoms with Crippen molar-refractivity contribution in [3.05, 3.63) is 58.5 Å². The summed E-state index contributed by atoms with van der Waals surface area (Å²) in [5.74, 6) is 1.97. The van der Waals surface area contributed by atoms with Crippen molar-refractivity contribution in [2.24, 2.45) is 5.18 Å². The zero-order chi connectivity index (χ0) is 15.5.